The van der Waals surface area contributed by atoms with Gasteiger partial charge in [0.15, 0.2) is 0 Å². The van der Waals surface area contributed by atoms with Crippen LogP contribution in [0.15, 0.2) is 36.4 Å². The van der Waals surface area contributed by atoms with Crippen LogP contribution >= 0.6 is 0 Å². The molecular weight excluding hydrogens is 348 g/mol. The maximum absolute atomic E-state index is 2.36. The number of hydrogen-bond acceptors (Lipinski definition) is 0. The largest absolute Gasteiger partial charge is 0.0617 e. The van der Waals surface area contributed by atoms with Crippen LogP contribution in [0.2, 0.25) is 0 Å². The summed E-state index contributed by atoms with van der Waals surface area (Å²) in [6.45, 7) is 28.2. The Kier molecular flexibility index (Phi) is 6.22. The van der Waals surface area contributed by atoms with Crippen molar-refractivity contribution in [1.82, 2.24) is 0 Å². The summed E-state index contributed by atoms with van der Waals surface area (Å²) < 4.78 is 0. The average molecular weight is 393 g/mol. The highest BCUT2D eigenvalue weighted by molar-refractivity contribution is 5.50. The molecule has 0 aliphatic heterocycles. The van der Waals surface area contributed by atoms with Crippen LogP contribution in [0.1, 0.15) is 116 Å². The molecular formula is C29H44. The van der Waals surface area contributed by atoms with E-state index >= 15 is 0 Å². The molecule has 0 spiro atoms. The van der Waals surface area contributed by atoms with Crippen LogP contribution in [0, 0.1) is 0 Å². The van der Waals surface area contributed by atoms with Gasteiger partial charge in [-0.1, -0.05) is 119 Å². The quantitative estimate of drug-likeness (QED) is 0.481. The Labute approximate surface area is 181 Å². The Hall–Kier alpha value is -1.56. The lowest BCUT2D eigenvalue weighted by atomic mass is 9.70. The Bertz CT molecular complexity index is 779. The summed E-state index contributed by atoms with van der Waals surface area (Å²) in [6, 6.07) is 13.9. The van der Waals surface area contributed by atoms with Crippen LogP contribution in [0.4, 0.5) is 0 Å². The standard InChI is InChI=1S/C29H44/c1-26(2,3)22-17-13-15-20(24(22)28(7,8)9)19-21-16-14-18-23(27(4,5)6)25(21)29(10,11)12/h13-18H,19H2,1-12H3. The van der Waals surface area contributed by atoms with Crippen LogP contribution in [0.5, 0.6) is 0 Å². The van der Waals surface area contributed by atoms with E-state index in [1.54, 1.807) is 0 Å². The van der Waals surface area contributed by atoms with E-state index in [2.05, 4.69) is 119 Å². The van der Waals surface area contributed by atoms with Crippen LogP contribution in [-0.2, 0) is 28.1 Å². The number of hydrogen-bond donors (Lipinski definition) is 0. The van der Waals surface area contributed by atoms with Gasteiger partial charge in [0, 0.05) is 0 Å². The third-order valence-electron chi connectivity index (χ3n) is 5.80. The molecule has 29 heavy (non-hydrogen) atoms. The van der Waals surface area contributed by atoms with Gasteiger partial charge in [0.05, 0.1) is 0 Å². The van der Waals surface area contributed by atoms with Crippen molar-refractivity contribution in [3.05, 3.63) is 69.8 Å². The zero-order chi connectivity index (χ0) is 22.4. The molecule has 0 fully saturated rings. The molecule has 2 aromatic rings. The first-order chi connectivity index (χ1) is 12.9. The van der Waals surface area contributed by atoms with E-state index in [1.165, 1.54) is 33.4 Å². The van der Waals surface area contributed by atoms with Crippen molar-refractivity contribution in [2.24, 2.45) is 0 Å². The van der Waals surface area contributed by atoms with E-state index in [4.69, 9.17) is 0 Å². The van der Waals surface area contributed by atoms with Gasteiger partial charge >= 0.3 is 0 Å². The molecule has 0 atom stereocenters. The molecule has 0 saturated carbocycles. The van der Waals surface area contributed by atoms with Crippen LogP contribution < -0.4 is 0 Å². The van der Waals surface area contributed by atoms with Crippen molar-refractivity contribution in [1.29, 1.82) is 0 Å². The van der Waals surface area contributed by atoms with E-state index in [-0.39, 0.29) is 21.7 Å². The minimum atomic E-state index is 0.114. The normalized spacial score (nSPS) is 13.7. The van der Waals surface area contributed by atoms with Crippen molar-refractivity contribution >= 4 is 0 Å². The Balaban J connectivity index is 2.77. The minimum Gasteiger partial charge on any atom is -0.0617 e. The second-order valence-corrected chi connectivity index (χ2v) is 12.9. The molecule has 0 bridgehead atoms. The lowest BCUT2D eigenvalue weighted by molar-refractivity contribution is 0.520. The fraction of sp³-hybridized carbons (Fsp3) is 0.586. The number of benzene rings is 2. The summed E-state index contributed by atoms with van der Waals surface area (Å²) in [5.74, 6) is 0. The van der Waals surface area contributed by atoms with Crippen molar-refractivity contribution in [3.8, 4) is 0 Å². The van der Waals surface area contributed by atoms with E-state index in [0.29, 0.717) is 0 Å². The molecule has 2 aromatic carbocycles. The third-order valence-corrected chi connectivity index (χ3v) is 5.80. The van der Waals surface area contributed by atoms with E-state index in [1.807, 2.05) is 0 Å². The van der Waals surface area contributed by atoms with Gasteiger partial charge in [-0.2, -0.15) is 0 Å². The van der Waals surface area contributed by atoms with Crippen molar-refractivity contribution in [3.63, 3.8) is 0 Å². The molecule has 0 heterocycles. The van der Waals surface area contributed by atoms with Gasteiger partial charge in [-0.3, -0.25) is 0 Å². The fourth-order valence-corrected chi connectivity index (χ4v) is 4.72. The zero-order valence-corrected chi connectivity index (χ0v) is 21.2. The fourth-order valence-electron chi connectivity index (χ4n) is 4.72. The predicted molar refractivity (Wildman–Crippen MR) is 130 cm³/mol. The van der Waals surface area contributed by atoms with E-state index in [9.17, 15) is 0 Å². The first kappa shape index (κ1) is 23.7. The van der Waals surface area contributed by atoms with Gasteiger partial charge in [0.1, 0.15) is 0 Å². The molecule has 160 valence electrons. The summed E-state index contributed by atoms with van der Waals surface area (Å²) >= 11 is 0. The first-order valence-corrected chi connectivity index (χ1v) is 11.2. The predicted octanol–water partition coefficient (Wildman–Crippen LogP) is 8.47. The van der Waals surface area contributed by atoms with Gasteiger partial charge in [0.2, 0.25) is 0 Å². The molecule has 0 N–H and O–H groups in total. The Morgan fingerprint density at radius 3 is 1.00 bits per heavy atom. The molecule has 0 saturated heterocycles. The lowest BCUT2D eigenvalue weighted by Gasteiger charge is -2.35. The van der Waals surface area contributed by atoms with Gasteiger partial charge < -0.3 is 0 Å². The summed E-state index contributed by atoms with van der Waals surface area (Å²) in [6.07, 6.45) is 0.993. The van der Waals surface area contributed by atoms with Crippen LogP contribution in [0.25, 0.3) is 0 Å². The minimum absolute atomic E-state index is 0.114. The topological polar surface area (TPSA) is 0 Å². The van der Waals surface area contributed by atoms with Gasteiger partial charge in [0.25, 0.3) is 0 Å². The third kappa shape index (κ3) is 5.33. The maximum Gasteiger partial charge on any atom is -0.00197 e. The molecule has 0 amide bonds. The highest BCUT2D eigenvalue weighted by Gasteiger charge is 2.30. The summed E-state index contributed by atoms with van der Waals surface area (Å²) in [5.41, 5.74) is 9.45. The number of rotatable bonds is 2. The van der Waals surface area contributed by atoms with E-state index < -0.39 is 0 Å². The van der Waals surface area contributed by atoms with Crippen LogP contribution in [0.3, 0.4) is 0 Å². The van der Waals surface area contributed by atoms with Gasteiger partial charge in [-0.05, 0) is 61.5 Å². The highest BCUT2D eigenvalue weighted by Crippen LogP contribution is 2.40. The molecule has 0 unspecified atom stereocenters. The zero-order valence-electron chi connectivity index (χ0n) is 21.2. The first-order valence-electron chi connectivity index (χ1n) is 11.2. The second-order valence-electron chi connectivity index (χ2n) is 12.9. The molecule has 0 nitrogen and oxygen atoms in total. The summed E-state index contributed by atoms with van der Waals surface area (Å²) in [4.78, 5) is 0. The van der Waals surface area contributed by atoms with Crippen molar-refractivity contribution in [2.45, 2.75) is 111 Å². The summed E-state index contributed by atoms with van der Waals surface area (Å²) in [7, 11) is 0. The highest BCUT2D eigenvalue weighted by atomic mass is 14.3. The Morgan fingerprint density at radius 1 is 0.448 bits per heavy atom. The van der Waals surface area contributed by atoms with Crippen molar-refractivity contribution in [2.75, 3.05) is 0 Å². The molecule has 2 rings (SSSR count). The molecule has 0 aromatic heterocycles. The Morgan fingerprint density at radius 2 is 0.759 bits per heavy atom. The molecule has 0 aliphatic carbocycles. The van der Waals surface area contributed by atoms with Crippen molar-refractivity contribution < 1.29 is 0 Å². The monoisotopic (exact) mass is 392 g/mol. The lowest BCUT2D eigenvalue weighted by Crippen LogP contribution is -2.26. The van der Waals surface area contributed by atoms with Gasteiger partial charge in [-0.25, -0.2) is 0 Å². The molecule has 0 heteroatoms. The maximum atomic E-state index is 2.36. The molecule has 0 radical (unpaired) electrons. The second kappa shape index (κ2) is 7.60. The smallest absolute Gasteiger partial charge is 0.00197 e. The average Bonchev–Trinajstić information content (AvgIpc) is 2.50. The molecule has 0 aliphatic rings. The van der Waals surface area contributed by atoms with E-state index in [0.717, 1.165) is 6.42 Å². The van der Waals surface area contributed by atoms with Gasteiger partial charge in [-0.15, -0.1) is 0 Å². The SMILES string of the molecule is CC(C)(C)c1cccc(Cc2cccc(C(C)(C)C)c2C(C)(C)C)c1C(C)(C)C. The summed E-state index contributed by atoms with van der Waals surface area (Å²) in [5, 5.41) is 0. The van der Waals surface area contributed by atoms with Crippen LogP contribution in [-0.4, -0.2) is 0 Å².